The second kappa shape index (κ2) is 10.1. The van der Waals surface area contributed by atoms with E-state index < -0.39 is 36.6 Å². The fourth-order valence-corrected chi connectivity index (χ4v) is 7.19. The standard InChI is InChI=1S/C21H31F3N2O5S2/c1-3-12-26(20(32(2,27)28)16-8-10-25-11-9-16)18-6-4-15-5-7-19(14-17(15)13-18)31-33(29,30)21(22,23)24/h5,7,14,16,18,20,25H,3-4,6,8-13H2,1-2H3. The molecule has 0 amide bonds. The van der Waals surface area contributed by atoms with Crippen LogP contribution >= 0.6 is 0 Å². The Labute approximate surface area is 193 Å². The Morgan fingerprint density at radius 2 is 1.79 bits per heavy atom. The van der Waals surface area contributed by atoms with E-state index in [1.54, 1.807) is 6.07 Å². The highest BCUT2D eigenvalue weighted by molar-refractivity contribution is 7.91. The lowest BCUT2D eigenvalue weighted by Gasteiger charge is -2.43. The van der Waals surface area contributed by atoms with Crippen molar-refractivity contribution in [2.75, 3.05) is 25.9 Å². The highest BCUT2D eigenvalue weighted by Gasteiger charge is 2.48. The van der Waals surface area contributed by atoms with E-state index in [9.17, 15) is 30.0 Å². The molecule has 1 fully saturated rings. The Morgan fingerprint density at radius 1 is 1.12 bits per heavy atom. The number of rotatable bonds is 8. The molecule has 12 heteroatoms. The zero-order valence-electron chi connectivity index (χ0n) is 18.8. The van der Waals surface area contributed by atoms with Crippen LogP contribution in [0.1, 0.15) is 43.7 Å². The van der Waals surface area contributed by atoms with E-state index in [0.29, 0.717) is 31.4 Å². The second-order valence-corrected chi connectivity index (χ2v) is 12.5. The van der Waals surface area contributed by atoms with Gasteiger partial charge < -0.3 is 9.50 Å². The summed E-state index contributed by atoms with van der Waals surface area (Å²) in [6.45, 7) is 4.09. The van der Waals surface area contributed by atoms with Gasteiger partial charge >= 0.3 is 15.6 Å². The number of nitrogens with one attached hydrogen (secondary N) is 1. The molecule has 2 unspecified atom stereocenters. The molecule has 33 heavy (non-hydrogen) atoms. The first-order valence-corrected chi connectivity index (χ1v) is 14.5. The molecule has 188 valence electrons. The van der Waals surface area contributed by atoms with Crippen molar-refractivity contribution in [3.8, 4) is 5.75 Å². The first-order chi connectivity index (χ1) is 15.3. The van der Waals surface area contributed by atoms with E-state index in [1.165, 1.54) is 18.4 Å². The molecule has 1 heterocycles. The maximum atomic E-state index is 12.9. The van der Waals surface area contributed by atoms with E-state index >= 15 is 0 Å². The highest BCUT2D eigenvalue weighted by Crippen LogP contribution is 2.34. The highest BCUT2D eigenvalue weighted by atomic mass is 32.2. The van der Waals surface area contributed by atoms with Crippen molar-refractivity contribution in [2.24, 2.45) is 5.92 Å². The summed E-state index contributed by atoms with van der Waals surface area (Å²) in [7, 11) is -9.15. The fourth-order valence-electron chi connectivity index (χ4n) is 4.99. The molecule has 7 nitrogen and oxygen atoms in total. The summed E-state index contributed by atoms with van der Waals surface area (Å²) in [5, 5.41) is 2.63. The van der Waals surface area contributed by atoms with Crippen LogP contribution in [-0.4, -0.2) is 64.5 Å². The van der Waals surface area contributed by atoms with Crippen LogP contribution in [0.2, 0.25) is 0 Å². The molecular formula is C21H31F3N2O5S2. The third-order valence-electron chi connectivity index (χ3n) is 6.37. The number of benzene rings is 1. The number of nitrogens with zero attached hydrogens (tertiary/aromatic N) is 1. The van der Waals surface area contributed by atoms with Gasteiger partial charge in [-0.15, -0.1) is 0 Å². The van der Waals surface area contributed by atoms with E-state index in [2.05, 4.69) is 9.50 Å². The summed E-state index contributed by atoms with van der Waals surface area (Å²) < 4.78 is 91.0. The average Bonchev–Trinajstić information content (AvgIpc) is 2.71. The van der Waals surface area contributed by atoms with Crippen LogP contribution in [0.4, 0.5) is 13.2 Å². The molecular weight excluding hydrogens is 481 g/mol. The van der Waals surface area contributed by atoms with Gasteiger partial charge in [-0.05, 0) is 87.3 Å². The van der Waals surface area contributed by atoms with Crippen LogP contribution < -0.4 is 9.50 Å². The molecule has 2 aliphatic rings. The molecule has 1 aromatic carbocycles. The number of sulfone groups is 1. The molecule has 0 radical (unpaired) electrons. The molecule has 3 rings (SSSR count). The zero-order valence-corrected chi connectivity index (χ0v) is 20.4. The number of aryl methyl sites for hydroxylation is 1. The van der Waals surface area contributed by atoms with Crippen molar-refractivity contribution < 1.29 is 34.2 Å². The minimum Gasteiger partial charge on any atom is -0.376 e. The van der Waals surface area contributed by atoms with Gasteiger partial charge in [0.25, 0.3) is 0 Å². The van der Waals surface area contributed by atoms with Crippen molar-refractivity contribution in [1.82, 2.24) is 10.2 Å². The molecule has 0 saturated carbocycles. The van der Waals surface area contributed by atoms with Gasteiger partial charge in [0.05, 0.1) is 0 Å². The van der Waals surface area contributed by atoms with Crippen molar-refractivity contribution in [3.05, 3.63) is 29.3 Å². The number of halogens is 3. The largest absolute Gasteiger partial charge is 0.534 e. The van der Waals surface area contributed by atoms with Crippen molar-refractivity contribution >= 4 is 20.0 Å². The topological polar surface area (TPSA) is 92.8 Å². The van der Waals surface area contributed by atoms with Gasteiger partial charge in [0, 0.05) is 12.3 Å². The number of hydrogen-bond acceptors (Lipinski definition) is 7. The Morgan fingerprint density at radius 3 is 2.36 bits per heavy atom. The summed E-state index contributed by atoms with van der Waals surface area (Å²) in [4.78, 5) is 2.05. The smallest absolute Gasteiger partial charge is 0.376 e. The molecule has 1 aliphatic heterocycles. The number of piperidine rings is 1. The Hall–Kier alpha value is -1.37. The minimum absolute atomic E-state index is 0.000734. The molecule has 0 bridgehead atoms. The molecule has 1 saturated heterocycles. The maximum absolute atomic E-state index is 12.9. The third-order valence-corrected chi connectivity index (χ3v) is 8.88. The normalized spacial score (nSPS) is 21.6. The monoisotopic (exact) mass is 512 g/mol. The predicted octanol–water partition coefficient (Wildman–Crippen LogP) is 2.85. The Bertz CT molecular complexity index is 1040. The van der Waals surface area contributed by atoms with Gasteiger partial charge in [-0.25, -0.2) is 8.42 Å². The van der Waals surface area contributed by atoms with E-state index in [0.717, 1.165) is 37.9 Å². The Balaban J connectivity index is 1.88. The van der Waals surface area contributed by atoms with Crippen molar-refractivity contribution in [2.45, 2.75) is 62.4 Å². The van der Waals surface area contributed by atoms with Gasteiger partial charge in [-0.1, -0.05) is 13.0 Å². The molecule has 0 spiro atoms. The Kier molecular flexibility index (Phi) is 8.02. The second-order valence-electron chi connectivity index (χ2n) is 8.86. The van der Waals surface area contributed by atoms with Crippen LogP contribution in [0, 0.1) is 5.92 Å². The minimum atomic E-state index is -5.76. The molecule has 1 aromatic rings. The maximum Gasteiger partial charge on any atom is 0.534 e. The van der Waals surface area contributed by atoms with Gasteiger partial charge in [0.2, 0.25) is 0 Å². The average molecular weight is 513 g/mol. The molecule has 2 atom stereocenters. The summed E-state index contributed by atoms with van der Waals surface area (Å²) in [5.41, 5.74) is -3.93. The molecule has 1 N–H and O–H groups in total. The van der Waals surface area contributed by atoms with Crippen molar-refractivity contribution in [3.63, 3.8) is 0 Å². The summed E-state index contributed by atoms with van der Waals surface area (Å²) in [6.07, 6.45) is 5.29. The summed E-state index contributed by atoms with van der Waals surface area (Å²) in [5.74, 6) is -0.396. The van der Waals surface area contributed by atoms with Gasteiger partial charge in [0.15, 0.2) is 9.84 Å². The van der Waals surface area contributed by atoms with Crippen LogP contribution in [0.5, 0.6) is 5.75 Å². The van der Waals surface area contributed by atoms with Crippen LogP contribution in [0.15, 0.2) is 18.2 Å². The summed E-state index contributed by atoms with van der Waals surface area (Å²) >= 11 is 0. The first-order valence-electron chi connectivity index (χ1n) is 11.1. The fraction of sp³-hybridized carbons (Fsp3) is 0.714. The zero-order chi connectivity index (χ0) is 24.4. The first kappa shape index (κ1) is 26.2. The van der Waals surface area contributed by atoms with Crippen LogP contribution in [-0.2, 0) is 32.8 Å². The summed E-state index contributed by atoms with van der Waals surface area (Å²) in [6, 6.07) is 4.01. The quantitative estimate of drug-likeness (QED) is 0.423. The van der Waals surface area contributed by atoms with Gasteiger partial charge in [-0.3, -0.25) is 4.90 Å². The lowest BCUT2D eigenvalue weighted by Crippen LogP contribution is -2.54. The lowest BCUT2D eigenvalue weighted by atomic mass is 9.86. The number of alkyl halides is 3. The van der Waals surface area contributed by atoms with Crippen molar-refractivity contribution in [1.29, 1.82) is 0 Å². The van der Waals surface area contributed by atoms with E-state index in [1.807, 2.05) is 11.8 Å². The third kappa shape index (κ3) is 6.20. The van der Waals surface area contributed by atoms with Crippen LogP contribution in [0.3, 0.4) is 0 Å². The lowest BCUT2D eigenvalue weighted by molar-refractivity contribution is -0.0500. The predicted molar refractivity (Wildman–Crippen MR) is 119 cm³/mol. The number of fused-ring (bicyclic) bond motifs is 1. The van der Waals surface area contributed by atoms with E-state index in [4.69, 9.17) is 0 Å². The van der Waals surface area contributed by atoms with E-state index in [-0.39, 0.29) is 12.0 Å². The molecule has 1 aliphatic carbocycles. The van der Waals surface area contributed by atoms with Gasteiger partial charge in [0.1, 0.15) is 11.1 Å². The van der Waals surface area contributed by atoms with Gasteiger partial charge in [-0.2, -0.15) is 21.6 Å². The SMILES string of the molecule is CCCN(C1CCc2ccc(OS(=O)(=O)C(F)(F)F)cc2C1)C(C1CCNCC1)S(C)(=O)=O. The van der Waals surface area contributed by atoms with Crippen LogP contribution in [0.25, 0.3) is 0 Å². The molecule has 0 aromatic heterocycles. The number of hydrogen-bond donors (Lipinski definition) is 1.